The monoisotopic (exact) mass is 265 g/mol. The predicted molar refractivity (Wildman–Crippen MR) is 75.6 cm³/mol. The van der Waals surface area contributed by atoms with Gasteiger partial charge in [0.25, 0.3) is 0 Å². The van der Waals surface area contributed by atoms with Crippen molar-refractivity contribution in [1.29, 1.82) is 0 Å². The van der Waals surface area contributed by atoms with Crippen molar-refractivity contribution in [3.05, 3.63) is 35.6 Å². The van der Waals surface area contributed by atoms with Gasteiger partial charge in [0.1, 0.15) is 5.82 Å². The van der Waals surface area contributed by atoms with Crippen LogP contribution < -0.4 is 5.32 Å². The normalized spacial score (nSPS) is 36.1. The lowest BCUT2D eigenvalue weighted by Gasteiger charge is -2.45. The highest BCUT2D eigenvalue weighted by Gasteiger charge is 2.48. The zero-order valence-corrected chi connectivity index (χ0v) is 11.6. The molecule has 3 atom stereocenters. The Kier molecular flexibility index (Phi) is 3.37. The van der Waals surface area contributed by atoms with Crippen LogP contribution in [0.1, 0.15) is 31.2 Å². The molecule has 1 aromatic rings. The second-order valence-corrected chi connectivity index (χ2v) is 7.01. The molecule has 98 valence electrons. The quantitative estimate of drug-likeness (QED) is 0.835. The summed E-state index contributed by atoms with van der Waals surface area (Å²) in [5.74, 6) is 1.62. The molecule has 2 heterocycles. The zero-order chi connectivity index (χ0) is 12.6. The maximum Gasteiger partial charge on any atom is 0.123 e. The first-order chi connectivity index (χ1) is 8.72. The number of hydrogen-bond acceptors (Lipinski definition) is 2. The first-order valence-corrected chi connectivity index (χ1v) is 7.85. The van der Waals surface area contributed by atoms with Gasteiger partial charge in [-0.1, -0.05) is 19.1 Å². The largest absolute Gasteiger partial charge is 0.316 e. The van der Waals surface area contributed by atoms with Gasteiger partial charge in [0.15, 0.2) is 0 Å². The summed E-state index contributed by atoms with van der Waals surface area (Å²) in [6.45, 7) is 4.46. The van der Waals surface area contributed by atoms with Crippen molar-refractivity contribution in [2.75, 3.05) is 18.8 Å². The Morgan fingerprint density at radius 1 is 1.39 bits per heavy atom. The summed E-state index contributed by atoms with van der Waals surface area (Å²) < 4.78 is 13.5. The molecule has 3 rings (SSSR count). The second-order valence-electron chi connectivity index (χ2n) is 5.56. The first-order valence-electron chi connectivity index (χ1n) is 6.80. The SMILES string of the molecule is CC1SCCC12CCNCC2c1cccc(F)c1. The third-order valence-corrected chi connectivity index (χ3v) is 6.21. The number of nitrogens with one attached hydrogen (secondary N) is 1. The van der Waals surface area contributed by atoms with Gasteiger partial charge in [0.05, 0.1) is 0 Å². The van der Waals surface area contributed by atoms with Crippen LogP contribution in [0.25, 0.3) is 0 Å². The first kappa shape index (κ1) is 12.5. The van der Waals surface area contributed by atoms with Crippen LogP contribution in [0.4, 0.5) is 4.39 Å². The van der Waals surface area contributed by atoms with Crippen molar-refractivity contribution in [2.45, 2.75) is 30.9 Å². The molecule has 0 aliphatic carbocycles. The molecule has 2 saturated heterocycles. The Labute approximate surface area is 113 Å². The van der Waals surface area contributed by atoms with Crippen molar-refractivity contribution >= 4 is 11.8 Å². The fourth-order valence-corrected chi connectivity index (χ4v) is 5.28. The Bertz CT molecular complexity index is 436. The lowest BCUT2D eigenvalue weighted by Crippen LogP contribution is -2.46. The highest BCUT2D eigenvalue weighted by atomic mass is 32.2. The molecule has 18 heavy (non-hydrogen) atoms. The van der Waals surface area contributed by atoms with E-state index in [1.807, 2.05) is 6.07 Å². The summed E-state index contributed by atoms with van der Waals surface area (Å²) >= 11 is 2.08. The van der Waals surface area contributed by atoms with E-state index in [1.54, 1.807) is 12.1 Å². The van der Waals surface area contributed by atoms with E-state index >= 15 is 0 Å². The number of piperidine rings is 1. The topological polar surface area (TPSA) is 12.0 Å². The summed E-state index contributed by atoms with van der Waals surface area (Å²) in [4.78, 5) is 0. The van der Waals surface area contributed by atoms with Crippen molar-refractivity contribution in [1.82, 2.24) is 5.32 Å². The third-order valence-electron chi connectivity index (χ3n) is 4.81. The number of halogens is 1. The van der Waals surface area contributed by atoms with E-state index in [1.165, 1.54) is 24.2 Å². The molecule has 0 saturated carbocycles. The fourth-order valence-electron chi connectivity index (χ4n) is 3.70. The molecule has 0 amide bonds. The van der Waals surface area contributed by atoms with Crippen molar-refractivity contribution in [3.63, 3.8) is 0 Å². The lowest BCUT2D eigenvalue weighted by molar-refractivity contribution is 0.166. The van der Waals surface area contributed by atoms with Crippen LogP contribution in [-0.4, -0.2) is 24.1 Å². The maximum atomic E-state index is 13.5. The summed E-state index contributed by atoms with van der Waals surface area (Å²) in [6, 6.07) is 7.21. The van der Waals surface area contributed by atoms with Crippen LogP contribution in [0, 0.1) is 11.2 Å². The molecule has 1 spiro atoms. The molecule has 3 heteroatoms. The summed E-state index contributed by atoms with van der Waals surface area (Å²) in [7, 11) is 0. The molecule has 0 aromatic heterocycles. The Balaban J connectivity index is 1.97. The van der Waals surface area contributed by atoms with Crippen LogP contribution in [-0.2, 0) is 0 Å². The standard InChI is InChI=1S/C15H20FNS/c1-11-15(6-8-18-11)5-7-17-10-14(15)12-3-2-4-13(16)9-12/h2-4,9,11,14,17H,5-8,10H2,1H3. The van der Waals surface area contributed by atoms with E-state index in [-0.39, 0.29) is 5.82 Å². The molecule has 0 bridgehead atoms. The Morgan fingerprint density at radius 3 is 3.00 bits per heavy atom. The van der Waals surface area contributed by atoms with Crippen LogP contribution >= 0.6 is 11.8 Å². The average Bonchev–Trinajstić information content (AvgIpc) is 2.72. The third kappa shape index (κ3) is 1.97. The van der Waals surface area contributed by atoms with Crippen LogP contribution in [0.5, 0.6) is 0 Å². The summed E-state index contributed by atoms with van der Waals surface area (Å²) in [6.07, 6.45) is 2.50. The van der Waals surface area contributed by atoms with Gasteiger partial charge in [0, 0.05) is 17.7 Å². The van der Waals surface area contributed by atoms with Crippen molar-refractivity contribution in [3.8, 4) is 0 Å². The minimum atomic E-state index is -0.105. The molecular formula is C15H20FNS. The van der Waals surface area contributed by atoms with E-state index in [9.17, 15) is 4.39 Å². The van der Waals surface area contributed by atoms with E-state index in [0.717, 1.165) is 13.1 Å². The second kappa shape index (κ2) is 4.86. The maximum absolute atomic E-state index is 13.5. The summed E-state index contributed by atoms with van der Waals surface area (Å²) in [5.41, 5.74) is 1.56. The molecule has 0 radical (unpaired) electrons. The van der Waals surface area contributed by atoms with E-state index in [0.29, 0.717) is 16.6 Å². The molecule has 2 aliphatic rings. The summed E-state index contributed by atoms with van der Waals surface area (Å²) in [5, 5.41) is 4.18. The average molecular weight is 265 g/mol. The molecular weight excluding hydrogens is 245 g/mol. The molecule has 1 N–H and O–H groups in total. The molecule has 3 unspecified atom stereocenters. The number of hydrogen-bond donors (Lipinski definition) is 1. The minimum Gasteiger partial charge on any atom is -0.316 e. The van der Waals surface area contributed by atoms with Gasteiger partial charge in [-0.2, -0.15) is 11.8 Å². The lowest BCUT2D eigenvalue weighted by atomic mass is 9.64. The van der Waals surface area contributed by atoms with E-state index in [4.69, 9.17) is 0 Å². The highest BCUT2D eigenvalue weighted by molar-refractivity contribution is 8.00. The van der Waals surface area contributed by atoms with Gasteiger partial charge in [0.2, 0.25) is 0 Å². The van der Waals surface area contributed by atoms with Crippen LogP contribution in [0.15, 0.2) is 24.3 Å². The zero-order valence-electron chi connectivity index (χ0n) is 10.8. The van der Waals surface area contributed by atoms with Crippen LogP contribution in [0.3, 0.4) is 0 Å². The van der Waals surface area contributed by atoms with Gasteiger partial charge in [-0.25, -0.2) is 4.39 Å². The van der Waals surface area contributed by atoms with Gasteiger partial charge in [-0.05, 0) is 48.3 Å². The van der Waals surface area contributed by atoms with Gasteiger partial charge >= 0.3 is 0 Å². The van der Waals surface area contributed by atoms with Gasteiger partial charge < -0.3 is 5.32 Å². The Morgan fingerprint density at radius 2 is 2.28 bits per heavy atom. The minimum absolute atomic E-state index is 0.105. The molecule has 1 nitrogen and oxygen atoms in total. The smallest absolute Gasteiger partial charge is 0.123 e. The molecule has 1 aromatic carbocycles. The molecule has 2 fully saturated rings. The van der Waals surface area contributed by atoms with Crippen molar-refractivity contribution in [2.24, 2.45) is 5.41 Å². The number of rotatable bonds is 1. The predicted octanol–water partition coefficient (Wildman–Crippen LogP) is 3.41. The van der Waals surface area contributed by atoms with E-state index in [2.05, 4.69) is 30.1 Å². The van der Waals surface area contributed by atoms with Crippen molar-refractivity contribution < 1.29 is 4.39 Å². The number of thioether (sulfide) groups is 1. The fraction of sp³-hybridized carbons (Fsp3) is 0.600. The highest BCUT2D eigenvalue weighted by Crippen LogP contribution is 2.54. The van der Waals surface area contributed by atoms with Crippen LogP contribution in [0.2, 0.25) is 0 Å². The number of benzene rings is 1. The van der Waals surface area contributed by atoms with Gasteiger partial charge in [-0.15, -0.1) is 0 Å². The molecule has 2 aliphatic heterocycles. The Hall–Kier alpha value is -0.540. The van der Waals surface area contributed by atoms with Gasteiger partial charge in [-0.3, -0.25) is 0 Å². The van der Waals surface area contributed by atoms with E-state index < -0.39 is 0 Å².